The molecule has 1 aliphatic carbocycles. The van der Waals surface area contributed by atoms with Gasteiger partial charge < -0.3 is 35.4 Å². The first-order valence-corrected chi connectivity index (χ1v) is 16.2. The Bertz CT molecular complexity index is 1430. The lowest BCUT2D eigenvalue weighted by molar-refractivity contribution is -0.160. The average Bonchev–Trinajstić information content (AvgIpc) is 3.74. The van der Waals surface area contributed by atoms with Gasteiger partial charge in [0, 0.05) is 44.0 Å². The number of hydrogen-bond acceptors (Lipinski definition) is 8. The van der Waals surface area contributed by atoms with Gasteiger partial charge in [0.25, 0.3) is 0 Å². The van der Waals surface area contributed by atoms with Crippen LogP contribution < -0.4 is 11.1 Å². The van der Waals surface area contributed by atoms with Crippen molar-refractivity contribution < 1.29 is 28.7 Å². The molecule has 13 heteroatoms. The second-order valence-electron chi connectivity index (χ2n) is 13.1. The molecular formula is C34H47N7O6. The van der Waals surface area contributed by atoms with Gasteiger partial charge in [0.2, 0.25) is 11.8 Å². The van der Waals surface area contributed by atoms with Crippen LogP contribution in [0.4, 0.5) is 4.79 Å². The second kappa shape index (κ2) is 16.2. The highest BCUT2D eigenvalue weighted by molar-refractivity contribution is 5.91. The fourth-order valence-electron chi connectivity index (χ4n) is 6.24. The van der Waals surface area contributed by atoms with Crippen LogP contribution in [0.15, 0.2) is 55.2 Å². The third-order valence-corrected chi connectivity index (χ3v) is 8.25. The van der Waals surface area contributed by atoms with Gasteiger partial charge in [-0.05, 0) is 38.7 Å². The van der Waals surface area contributed by atoms with Gasteiger partial charge >= 0.3 is 12.1 Å². The van der Waals surface area contributed by atoms with Crippen molar-refractivity contribution in [3.05, 3.63) is 72.3 Å². The zero-order valence-electron chi connectivity index (χ0n) is 27.6. The molecule has 0 radical (unpaired) electrons. The molecule has 4 rings (SSSR count). The fourth-order valence-corrected chi connectivity index (χ4v) is 6.24. The van der Waals surface area contributed by atoms with Gasteiger partial charge in [0.05, 0.1) is 12.4 Å². The summed E-state index contributed by atoms with van der Waals surface area (Å²) in [4.78, 5) is 70.3. The van der Waals surface area contributed by atoms with Gasteiger partial charge in [-0.2, -0.15) is 0 Å². The molecule has 3 aromatic rings. The molecule has 1 aromatic carbocycles. The Morgan fingerprint density at radius 2 is 1.79 bits per heavy atom. The van der Waals surface area contributed by atoms with Gasteiger partial charge in [-0.15, -0.1) is 0 Å². The Morgan fingerprint density at radius 3 is 2.36 bits per heavy atom. The number of carbonyl (C=O) groups is 4. The van der Waals surface area contributed by atoms with Crippen LogP contribution >= 0.6 is 0 Å². The van der Waals surface area contributed by atoms with Crippen molar-refractivity contribution in [1.29, 1.82) is 0 Å². The second-order valence-corrected chi connectivity index (χ2v) is 13.1. The van der Waals surface area contributed by atoms with E-state index in [2.05, 4.69) is 25.3 Å². The summed E-state index contributed by atoms with van der Waals surface area (Å²) >= 11 is 0. The van der Waals surface area contributed by atoms with Crippen molar-refractivity contribution in [1.82, 2.24) is 30.2 Å². The molecule has 3 amide bonds. The molecule has 0 unspecified atom stereocenters. The number of nitrogens with two attached hydrogens (primary N) is 1. The molecule has 47 heavy (non-hydrogen) atoms. The number of rotatable bonds is 14. The summed E-state index contributed by atoms with van der Waals surface area (Å²) in [6, 6.07) is 5.98. The van der Waals surface area contributed by atoms with Gasteiger partial charge in [0.1, 0.15) is 23.5 Å². The lowest BCUT2D eigenvalue weighted by Gasteiger charge is -2.43. The molecule has 254 valence electrons. The number of carbonyl (C=O) groups excluding carboxylic acids is 4. The van der Waals surface area contributed by atoms with Crippen LogP contribution in [0.25, 0.3) is 0 Å². The third-order valence-electron chi connectivity index (χ3n) is 8.25. The number of hydrogen-bond donors (Lipinski definition) is 4. The van der Waals surface area contributed by atoms with Crippen molar-refractivity contribution in [2.45, 2.75) is 109 Å². The first-order valence-electron chi connectivity index (χ1n) is 16.2. The van der Waals surface area contributed by atoms with Gasteiger partial charge in [-0.1, -0.05) is 62.4 Å². The summed E-state index contributed by atoms with van der Waals surface area (Å²) in [5.74, 6) is -1.43. The maximum Gasteiger partial charge on any atom is 0.408 e. The van der Waals surface area contributed by atoms with Crippen molar-refractivity contribution in [3.63, 3.8) is 0 Å². The zero-order valence-corrected chi connectivity index (χ0v) is 27.6. The summed E-state index contributed by atoms with van der Waals surface area (Å²) < 4.78 is 11.5. The molecular weight excluding hydrogens is 602 g/mol. The van der Waals surface area contributed by atoms with E-state index in [1.807, 2.05) is 30.3 Å². The predicted octanol–water partition coefficient (Wildman–Crippen LogP) is 4.14. The van der Waals surface area contributed by atoms with Crippen molar-refractivity contribution >= 4 is 23.9 Å². The topological polar surface area (TPSA) is 185 Å². The first kappa shape index (κ1) is 35.2. The van der Waals surface area contributed by atoms with Crippen LogP contribution in [-0.2, 0) is 36.7 Å². The van der Waals surface area contributed by atoms with Crippen molar-refractivity contribution in [2.75, 3.05) is 0 Å². The van der Waals surface area contributed by atoms with E-state index >= 15 is 4.79 Å². The summed E-state index contributed by atoms with van der Waals surface area (Å²) in [7, 11) is 0. The molecule has 2 aromatic heterocycles. The number of aromatic amines is 2. The molecule has 1 saturated carbocycles. The number of primary amides is 1. The number of nitrogens with zero attached hydrogens (tertiary/aromatic N) is 3. The molecule has 0 aliphatic heterocycles. The average molecular weight is 650 g/mol. The molecule has 0 bridgehead atoms. The number of alkyl carbamates (subject to hydrolysis) is 1. The van der Waals surface area contributed by atoms with Gasteiger partial charge in [-0.25, -0.2) is 14.8 Å². The number of amides is 3. The van der Waals surface area contributed by atoms with E-state index in [-0.39, 0.29) is 18.8 Å². The molecule has 0 saturated heterocycles. The molecule has 5 N–H and O–H groups in total. The Balaban J connectivity index is 1.87. The van der Waals surface area contributed by atoms with E-state index in [9.17, 15) is 14.4 Å². The highest BCUT2D eigenvalue weighted by atomic mass is 16.6. The van der Waals surface area contributed by atoms with Crippen LogP contribution in [0, 0.1) is 5.92 Å². The molecule has 1 aliphatic rings. The summed E-state index contributed by atoms with van der Waals surface area (Å²) in [5.41, 5.74) is 6.63. The number of imidazole rings is 2. The van der Waals surface area contributed by atoms with E-state index < -0.39 is 53.7 Å². The predicted molar refractivity (Wildman–Crippen MR) is 173 cm³/mol. The maximum absolute atomic E-state index is 15.1. The van der Waals surface area contributed by atoms with Crippen LogP contribution in [0.3, 0.4) is 0 Å². The largest absolute Gasteiger partial charge is 0.452 e. The SMILES string of the molecule is CC(=O)O[C@H](c1ncc[nH]1)[C@H](CC1CCCCC1)N(C(=O)[C@H](Cc1ccccc1)NC(=O)OC(C)(C)C)[C@@H](Cc1cnc[nH]1)C(N)=O. The minimum atomic E-state index is -1.21. The molecule has 1 fully saturated rings. The summed E-state index contributed by atoms with van der Waals surface area (Å²) in [5, 5.41) is 2.77. The Morgan fingerprint density at radius 1 is 1.06 bits per heavy atom. The van der Waals surface area contributed by atoms with Gasteiger partial charge in [-0.3, -0.25) is 14.4 Å². The number of aromatic nitrogens is 4. The minimum Gasteiger partial charge on any atom is -0.452 e. The highest BCUT2D eigenvalue weighted by Crippen LogP contribution is 2.36. The van der Waals surface area contributed by atoms with Crippen LogP contribution in [0.1, 0.15) is 89.4 Å². The number of nitrogens with one attached hydrogen (secondary N) is 3. The van der Waals surface area contributed by atoms with Crippen molar-refractivity contribution in [3.8, 4) is 0 Å². The smallest absolute Gasteiger partial charge is 0.408 e. The highest BCUT2D eigenvalue weighted by Gasteiger charge is 2.45. The number of benzene rings is 1. The van der Waals surface area contributed by atoms with E-state index in [1.54, 1.807) is 33.2 Å². The lowest BCUT2D eigenvalue weighted by atomic mass is 9.82. The third kappa shape index (κ3) is 10.4. The number of H-pyrrole nitrogens is 2. The van der Waals surface area contributed by atoms with E-state index in [1.165, 1.54) is 24.3 Å². The van der Waals surface area contributed by atoms with Crippen LogP contribution in [0.5, 0.6) is 0 Å². The molecule has 13 nitrogen and oxygen atoms in total. The Labute approximate surface area is 275 Å². The van der Waals surface area contributed by atoms with E-state index in [4.69, 9.17) is 15.2 Å². The lowest BCUT2D eigenvalue weighted by Crippen LogP contribution is -2.61. The van der Waals surface area contributed by atoms with E-state index in [0.717, 1.165) is 37.7 Å². The first-order chi connectivity index (χ1) is 22.4. The molecule has 2 heterocycles. The molecule has 4 atom stereocenters. The van der Waals surface area contributed by atoms with Crippen LogP contribution in [-0.4, -0.2) is 72.4 Å². The van der Waals surface area contributed by atoms with Gasteiger partial charge in [0.15, 0.2) is 6.10 Å². The standard InChI is InChI=1S/C34H47N7O6/c1-22(42)46-29(31-37-15-16-38-31)27(18-24-13-9-6-10-14-24)41(28(30(35)43)19-25-20-36-21-39-25)32(44)26(17-23-11-7-5-8-12-23)40-33(45)47-34(2,3)4/h5,7-8,11-12,15-16,20-21,24,26-29H,6,9-10,13-14,17-19H2,1-4H3,(H2,35,43)(H,36,39)(H,37,38)(H,40,45)/t26-,27-,28-,29-/m0/s1. The van der Waals surface area contributed by atoms with E-state index in [0.29, 0.717) is 17.9 Å². The van der Waals surface area contributed by atoms with Crippen molar-refractivity contribution in [2.24, 2.45) is 11.7 Å². The molecule has 0 spiro atoms. The minimum absolute atomic E-state index is 0.0116. The fraction of sp³-hybridized carbons (Fsp3) is 0.529. The zero-order chi connectivity index (χ0) is 34.0. The number of ether oxygens (including phenoxy) is 2. The summed E-state index contributed by atoms with van der Waals surface area (Å²) in [6.07, 6.45) is 9.82. The summed E-state index contributed by atoms with van der Waals surface area (Å²) in [6.45, 7) is 6.48. The number of esters is 1. The Hall–Kier alpha value is -4.68. The monoisotopic (exact) mass is 649 g/mol. The maximum atomic E-state index is 15.1. The quantitative estimate of drug-likeness (QED) is 0.188. The Kier molecular flexibility index (Phi) is 12.2. The normalized spacial score (nSPS) is 16.3. The van der Waals surface area contributed by atoms with Crippen LogP contribution in [0.2, 0.25) is 0 Å².